The average Bonchev–Trinajstić information content (AvgIpc) is 3.03. The molecule has 2 aromatic rings. The summed E-state index contributed by atoms with van der Waals surface area (Å²) in [5.41, 5.74) is 1.68. The third-order valence-corrected chi connectivity index (χ3v) is 5.79. The monoisotopic (exact) mass is 438 g/mol. The molecule has 0 spiro atoms. The van der Waals surface area contributed by atoms with Crippen LogP contribution in [0.4, 0.5) is 0 Å². The maximum absolute atomic E-state index is 12.7. The lowest BCUT2D eigenvalue weighted by atomic mass is 9.87. The second-order valence-electron chi connectivity index (χ2n) is 9.27. The van der Waals surface area contributed by atoms with Crippen LogP contribution in [0.25, 0.3) is 0 Å². The second kappa shape index (κ2) is 10.5. The lowest BCUT2D eigenvalue weighted by Crippen LogP contribution is -2.37. The average molecular weight is 439 g/mol. The highest BCUT2D eigenvalue weighted by Gasteiger charge is 2.24. The van der Waals surface area contributed by atoms with Gasteiger partial charge in [0.25, 0.3) is 5.91 Å². The van der Waals surface area contributed by atoms with Crippen molar-refractivity contribution < 1.29 is 19.4 Å². The summed E-state index contributed by atoms with van der Waals surface area (Å²) >= 11 is 0. The lowest BCUT2D eigenvalue weighted by molar-refractivity contribution is -0.131. The van der Waals surface area contributed by atoms with E-state index in [4.69, 9.17) is 4.74 Å². The topological polar surface area (TPSA) is 70.1 Å². The number of phenolic OH excluding ortho intramolecular Hbond substituents is 1. The number of phenols is 1. The van der Waals surface area contributed by atoms with Crippen molar-refractivity contribution in [1.29, 1.82) is 0 Å². The van der Waals surface area contributed by atoms with Gasteiger partial charge in [0.1, 0.15) is 11.5 Å². The molecule has 0 unspecified atom stereocenters. The summed E-state index contributed by atoms with van der Waals surface area (Å²) in [7, 11) is 0. The first-order valence-electron chi connectivity index (χ1n) is 11.3. The molecule has 6 heteroatoms. The van der Waals surface area contributed by atoms with Gasteiger partial charge < -0.3 is 19.6 Å². The molecule has 2 aromatic carbocycles. The van der Waals surface area contributed by atoms with Gasteiger partial charge in [0, 0.05) is 32.6 Å². The van der Waals surface area contributed by atoms with E-state index in [1.165, 1.54) is 11.6 Å². The normalized spacial score (nSPS) is 14.7. The molecule has 1 aliphatic rings. The molecule has 1 saturated heterocycles. The smallest absolute Gasteiger partial charge is 0.257 e. The van der Waals surface area contributed by atoms with Crippen LogP contribution in [-0.4, -0.2) is 59.5 Å². The SMILES string of the molecule is CC(C)(C)c1ccc(OCCCC(=O)N2CCCN(C(=O)c3ccccc3O)CC2)cc1. The molecule has 172 valence electrons. The number of hydrogen-bond donors (Lipinski definition) is 1. The maximum atomic E-state index is 12.7. The predicted octanol–water partition coefficient (Wildman–Crippen LogP) is 4.22. The highest BCUT2D eigenvalue weighted by Crippen LogP contribution is 2.24. The van der Waals surface area contributed by atoms with E-state index in [9.17, 15) is 14.7 Å². The predicted molar refractivity (Wildman–Crippen MR) is 125 cm³/mol. The molecule has 0 atom stereocenters. The molecule has 1 aliphatic heterocycles. The van der Waals surface area contributed by atoms with Crippen LogP contribution in [0, 0.1) is 0 Å². The Morgan fingerprint density at radius 2 is 1.59 bits per heavy atom. The summed E-state index contributed by atoms with van der Waals surface area (Å²) in [5, 5.41) is 9.95. The Hall–Kier alpha value is -3.02. The Kier molecular flexibility index (Phi) is 7.78. The van der Waals surface area contributed by atoms with Crippen LogP contribution in [0.5, 0.6) is 11.5 Å². The number of aromatic hydroxyl groups is 1. The van der Waals surface area contributed by atoms with E-state index in [2.05, 4.69) is 32.9 Å². The van der Waals surface area contributed by atoms with Crippen LogP contribution < -0.4 is 4.74 Å². The van der Waals surface area contributed by atoms with E-state index in [1.54, 1.807) is 23.1 Å². The van der Waals surface area contributed by atoms with Gasteiger partial charge in [-0.25, -0.2) is 0 Å². The first kappa shape index (κ1) is 23.6. The Morgan fingerprint density at radius 1 is 0.938 bits per heavy atom. The Morgan fingerprint density at radius 3 is 2.28 bits per heavy atom. The number of benzene rings is 2. The molecular formula is C26H34N2O4. The van der Waals surface area contributed by atoms with Crippen molar-refractivity contribution in [2.24, 2.45) is 0 Å². The van der Waals surface area contributed by atoms with Crippen molar-refractivity contribution in [2.45, 2.75) is 45.4 Å². The standard InChI is InChI=1S/C26H34N2O4/c1-26(2,3)20-11-13-21(14-12-20)32-19-6-10-24(30)27-15-7-16-28(18-17-27)25(31)22-8-4-5-9-23(22)29/h4-5,8-9,11-14,29H,6-7,10,15-19H2,1-3H3. The zero-order chi connectivity index (χ0) is 23.1. The highest BCUT2D eigenvalue weighted by molar-refractivity contribution is 5.96. The summed E-state index contributed by atoms with van der Waals surface area (Å²) < 4.78 is 5.80. The zero-order valence-electron chi connectivity index (χ0n) is 19.3. The van der Waals surface area contributed by atoms with Gasteiger partial charge in [0.2, 0.25) is 5.91 Å². The molecule has 3 rings (SSSR count). The molecular weight excluding hydrogens is 404 g/mol. The molecule has 0 radical (unpaired) electrons. The van der Waals surface area contributed by atoms with Crippen LogP contribution >= 0.6 is 0 Å². The third kappa shape index (κ3) is 6.25. The fourth-order valence-electron chi connectivity index (χ4n) is 3.82. The Balaban J connectivity index is 1.42. The first-order valence-corrected chi connectivity index (χ1v) is 11.3. The van der Waals surface area contributed by atoms with Crippen LogP contribution in [0.15, 0.2) is 48.5 Å². The fourth-order valence-corrected chi connectivity index (χ4v) is 3.82. The van der Waals surface area contributed by atoms with Gasteiger partial charge in [-0.3, -0.25) is 9.59 Å². The number of carbonyl (C=O) groups is 2. The quantitative estimate of drug-likeness (QED) is 0.686. The second-order valence-corrected chi connectivity index (χ2v) is 9.27. The Bertz CT molecular complexity index is 918. The molecule has 2 amide bonds. The number of ether oxygens (including phenoxy) is 1. The molecule has 1 heterocycles. The van der Waals surface area contributed by atoms with Crippen LogP contribution in [-0.2, 0) is 10.2 Å². The van der Waals surface area contributed by atoms with Gasteiger partial charge in [-0.2, -0.15) is 0 Å². The summed E-state index contributed by atoms with van der Waals surface area (Å²) in [6, 6.07) is 14.7. The third-order valence-electron chi connectivity index (χ3n) is 5.79. The largest absolute Gasteiger partial charge is 0.507 e. The van der Waals surface area contributed by atoms with Gasteiger partial charge in [-0.15, -0.1) is 0 Å². The summed E-state index contributed by atoms with van der Waals surface area (Å²) in [6.07, 6.45) is 1.80. The summed E-state index contributed by atoms with van der Waals surface area (Å²) in [6.45, 7) is 9.21. The highest BCUT2D eigenvalue weighted by atomic mass is 16.5. The van der Waals surface area contributed by atoms with Crippen molar-refractivity contribution in [3.63, 3.8) is 0 Å². The van der Waals surface area contributed by atoms with Gasteiger partial charge in [0.15, 0.2) is 0 Å². The van der Waals surface area contributed by atoms with E-state index < -0.39 is 0 Å². The molecule has 32 heavy (non-hydrogen) atoms. The number of para-hydroxylation sites is 1. The summed E-state index contributed by atoms with van der Waals surface area (Å²) in [4.78, 5) is 28.9. The minimum Gasteiger partial charge on any atom is -0.507 e. The van der Waals surface area contributed by atoms with E-state index in [1.807, 2.05) is 17.0 Å². The zero-order valence-corrected chi connectivity index (χ0v) is 19.3. The Labute approximate surface area is 190 Å². The van der Waals surface area contributed by atoms with Crippen molar-refractivity contribution in [3.05, 3.63) is 59.7 Å². The van der Waals surface area contributed by atoms with Gasteiger partial charge in [0.05, 0.1) is 12.2 Å². The van der Waals surface area contributed by atoms with Crippen LogP contribution in [0.2, 0.25) is 0 Å². The fraction of sp³-hybridized carbons (Fsp3) is 0.462. The van der Waals surface area contributed by atoms with E-state index >= 15 is 0 Å². The van der Waals surface area contributed by atoms with Crippen molar-refractivity contribution in [1.82, 2.24) is 9.80 Å². The number of nitrogens with zero attached hydrogens (tertiary/aromatic N) is 2. The van der Waals surface area contributed by atoms with E-state index in [0.29, 0.717) is 51.2 Å². The van der Waals surface area contributed by atoms with Crippen molar-refractivity contribution in [3.8, 4) is 11.5 Å². The van der Waals surface area contributed by atoms with Gasteiger partial charge in [-0.05, 0) is 48.1 Å². The van der Waals surface area contributed by atoms with Gasteiger partial charge >= 0.3 is 0 Å². The molecule has 0 aromatic heterocycles. The van der Waals surface area contributed by atoms with Crippen molar-refractivity contribution >= 4 is 11.8 Å². The summed E-state index contributed by atoms with van der Waals surface area (Å²) in [5.74, 6) is 0.707. The molecule has 1 N–H and O–H groups in total. The molecule has 0 saturated carbocycles. The maximum Gasteiger partial charge on any atom is 0.257 e. The van der Waals surface area contributed by atoms with Gasteiger partial charge in [-0.1, -0.05) is 45.0 Å². The van der Waals surface area contributed by atoms with Crippen LogP contribution in [0.1, 0.15) is 56.0 Å². The van der Waals surface area contributed by atoms with E-state index in [0.717, 1.165) is 12.2 Å². The minimum atomic E-state index is -0.191. The number of amides is 2. The van der Waals surface area contributed by atoms with Crippen molar-refractivity contribution in [2.75, 3.05) is 32.8 Å². The van der Waals surface area contributed by atoms with Crippen LogP contribution in [0.3, 0.4) is 0 Å². The molecule has 0 aliphatic carbocycles. The molecule has 6 nitrogen and oxygen atoms in total. The molecule has 1 fully saturated rings. The van der Waals surface area contributed by atoms with E-state index in [-0.39, 0.29) is 23.0 Å². The lowest BCUT2D eigenvalue weighted by Gasteiger charge is -2.22. The minimum absolute atomic E-state index is 0.0114. The first-order chi connectivity index (χ1) is 15.3. The number of hydrogen-bond acceptors (Lipinski definition) is 4. The number of rotatable bonds is 6. The molecule has 0 bridgehead atoms. The number of carbonyl (C=O) groups excluding carboxylic acids is 2.